The van der Waals surface area contributed by atoms with Gasteiger partial charge in [-0.2, -0.15) is 0 Å². The van der Waals surface area contributed by atoms with E-state index in [1.54, 1.807) is 18.4 Å². The van der Waals surface area contributed by atoms with Gasteiger partial charge in [0.1, 0.15) is 0 Å². The molecule has 1 fully saturated rings. The average Bonchev–Trinajstić information content (AvgIpc) is 2.53. The molecule has 1 aromatic rings. The highest BCUT2D eigenvalue weighted by Crippen LogP contribution is 2.19. The van der Waals surface area contributed by atoms with Crippen LogP contribution < -0.4 is 10.6 Å². The summed E-state index contributed by atoms with van der Waals surface area (Å²) in [7, 11) is -1.13. The predicted octanol–water partition coefficient (Wildman–Crippen LogP) is 2.67. The van der Waals surface area contributed by atoms with Crippen molar-refractivity contribution in [1.82, 2.24) is 10.2 Å². The maximum Gasteiger partial charge on any atom is 0.319 e. The molecule has 0 radical (unpaired) electrons. The summed E-state index contributed by atoms with van der Waals surface area (Å²) in [6, 6.07) is 7.25. The molecule has 1 aliphatic heterocycles. The molecule has 1 saturated heterocycles. The number of hydrogen-bond donors (Lipinski definition) is 2. The van der Waals surface area contributed by atoms with Gasteiger partial charge in [-0.3, -0.25) is 9.11 Å². The Kier molecular flexibility index (Phi) is 6.59. The standard InChI is InChI=1S/C17H27N3O2S/c1-13-8-10-20(11-9-13)14(2)12-18-17(21)19-15-6-4-5-7-16(15)23(3)22/h4-7,13-14H,8-12H2,1-3H3,(H2,18,19,21)/t14-,23-/m1/s1. The molecule has 2 amide bonds. The van der Waals surface area contributed by atoms with Crippen molar-refractivity contribution >= 4 is 22.5 Å². The van der Waals surface area contributed by atoms with Crippen LogP contribution in [0.2, 0.25) is 0 Å². The molecule has 1 heterocycles. The van der Waals surface area contributed by atoms with Gasteiger partial charge in [-0.15, -0.1) is 0 Å². The summed E-state index contributed by atoms with van der Waals surface area (Å²) in [5.74, 6) is 0.807. The van der Waals surface area contributed by atoms with Crippen molar-refractivity contribution in [3.05, 3.63) is 24.3 Å². The fourth-order valence-corrected chi connectivity index (χ4v) is 3.52. The Labute approximate surface area is 141 Å². The van der Waals surface area contributed by atoms with Crippen LogP contribution in [0.15, 0.2) is 29.2 Å². The van der Waals surface area contributed by atoms with Crippen molar-refractivity contribution in [1.29, 1.82) is 0 Å². The van der Waals surface area contributed by atoms with E-state index >= 15 is 0 Å². The minimum absolute atomic E-state index is 0.250. The summed E-state index contributed by atoms with van der Waals surface area (Å²) in [4.78, 5) is 15.2. The first-order valence-corrected chi connectivity index (χ1v) is 9.74. The number of para-hydroxylation sites is 1. The van der Waals surface area contributed by atoms with Crippen molar-refractivity contribution in [3.63, 3.8) is 0 Å². The lowest BCUT2D eigenvalue weighted by Gasteiger charge is -2.35. The minimum Gasteiger partial charge on any atom is -0.336 e. The Hall–Kier alpha value is -1.40. The largest absolute Gasteiger partial charge is 0.336 e. The van der Waals surface area contributed by atoms with Crippen molar-refractivity contribution in [3.8, 4) is 0 Å². The van der Waals surface area contributed by atoms with Gasteiger partial charge in [0.05, 0.1) is 21.4 Å². The Morgan fingerprint density at radius 2 is 2.00 bits per heavy atom. The zero-order valence-corrected chi connectivity index (χ0v) is 15.0. The van der Waals surface area contributed by atoms with Crippen LogP contribution in [0.1, 0.15) is 26.7 Å². The molecule has 6 heteroatoms. The summed E-state index contributed by atoms with van der Waals surface area (Å²) in [5, 5.41) is 5.71. The molecular weight excluding hydrogens is 310 g/mol. The van der Waals surface area contributed by atoms with Gasteiger partial charge in [0.15, 0.2) is 0 Å². The summed E-state index contributed by atoms with van der Waals surface area (Å²) in [6.07, 6.45) is 4.07. The van der Waals surface area contributed by atoms with Crippen molar-refractivity contribution in [2.75, 3.05) is 31.2 Å². The molecule has 2 rings (SSSR count). The molecule has 1 aromatic carbocycles. The number of nitrogens with zero attached hydrogens (tertiary/aromatic N) is 1. The second-order valence-corrected chi connectivity index (χ2v) is 7.70. The molecule has 5 nitrogen and oxygen atoms in total. The van der Waals surface area contributed by atoms with E-state index in [0.29, 0.717) is 23.2 Å². The first-order valence-electron chi connectivity index (χ1n) is 8.18. The van der Waals surface area contributed by atoms with Crippen molar-refractivity contribution in [2.24, 2.45) is 5.92 Å². The zero-order valence-electron chi connectivity index (χ0n) is 14.2. The van der Waals surface area contributed by atoms with E-state index in [-0.39, 0.29) is 6.03 Å². The quantitative estimate of drug-likeness (QED) is 0.868. The van der Waals surface area contributed by atoms with Crippen LogP contribution in [-0.4, -0.2) is 47.1 Å². The highest BCUT2D eigenvalue weighted by molar-refractivity contribution is 7.84. The van der Waals surface area contributed by atoms with E-state index < -0.39 is 10.8 Å². The number of urea groups is 1. The van der Waals surface area contributed by atoms with Crippen LogP contribution >= 0.6 is 0 Å². The molecule has 0 unspecified atom stereocenters. The summed E-state index contributed by atoms with van der Waals surface area (Å²) in [6.45, 7) is 7.25. The third-order valence-corrected chi connectivity index (χ3v) is 5.42. The Morgan fingerprint density at radius 1 is 1.35 bits per heavy atom. The fraction of sp³-hybridized carbons (Fsp3) is 0.588. The van der Waals surface area contributed by atoms with Gasteiger partial charge in [-0.25, -0.2) is 4.79 Å². The number of piperidine rings is 1. The number of amides is 2. The number of likely N-dealkylation sites (tertiary alicyclic amines) is 1. The minimum atomic E-state index is -1.13. The number of hydrogen-bond acceptors (Lipinski definition) is 3. The lowest BCUT2D eigenvalue weighted by molar-refractivity contribution is 0.146. The van der Waals surface area contributed by atoms with Crippen LogP contribution in [-0.2, 0) is 10.8 Å². The molecule has 128 valence electrons. The van der Waals surface area contributed by atoms with Gasteiger partial charge in [0.25, 0.3) is 0 Å². The molecule has 0 aromatic heterocycles. The van der Waals surface area contributed by atoms with Crippen LogP contribution in [0.25, 0.3) is 0 Å². The SMILES string of the molecule is CC1CCN([C@H](C)CNC(=O)Nc2ccccc2[S@@](C)=O)CC1. The maximum atomic E-state index is 12.1. The number of benzene rings is 1. The van der Waals surface area contributed by atoms with Crippen LogP contribution in [0.5, 0.6) is 0 Å². The van der Waals surface area contributed by atoms with Gasteiger partial charge in [0.2, 0.25) is 0 Å². The number of carbonyl (C=O) groups excluding carboxylic acids is 1. The smallest absolute Gasteiger partial charge is 0.319 e. The normalized spacial score (nSPS) is 19.1. The van der Waals surface area contributed by atoms with Crippen molar-refractivity contribution < 1.29 is 9.00 Å². The van der Waals surface area contributed by atoms with Gasteiger partial charge in [-0.1, -0.05) is 19.1 Å². The lowest BCUT2D eigenvalue weighted by atomic mass is 9.98. The summed E-state index contributed by atoms with van der Waals surface area (Å²) in [5.41, 5.74) is 0.602. The highest BCUT2D eigenvalue weighted by Gasteiger charge is 2.20. The van der Waals surface area contributed by atoms with Crippen LogP contribution in [0, 0.1) is 5.92 Å². The molecule has 0 aliphatic carbocycles. The molecule has 0 spiro atoms. The number of anilines is 1. The van der Waals surface area contributed by atoms with E-state index in [2.05, 4.69) is 29.4 Å². The van der Waals surface area contributed by atoms with E-state index in [0.717, 1.165) is 19.0 Å². The maximum absolute atomic E-state index is 12.1. The monoisotopic (exact) mass is 337 g/mol. The van der Waals surface area contributed by atoms with Gasteiger partial charge < -0.3 is 10.6 Å². The van der Waals surface area contributed by atoms with E-state index in [4.69, 9.17) is 0 Å². The third-order valence-electron chi connectivity index (χ3n) is 4.44. The van der Waals surface area contributed by atoms with Gasteiger partial charge in [0, 0.05) is 18.8 Å². The predicted molar refractivity (Wildman–Crippen MR) is 95.2 cm³/mol. The molecular formula is C17H27N3O2S. The molecule has 0 bridgehead atoms. The van der Waals surface area contributed by atoms with Crippen LogP contribution in [0.3, 0.4) is 0 Å². The lowest BCUT2D eigenvalue weighted by Crippen LogP contribution is -2.46. The molecule has 0 saturated carbocycles. The van der Waals surface area contributed by atoms with E-state index in [1.807, 2.05) is 12.1 Å². The van der Waals surface area contributed by atoms with Crippen LogP contribution in [0.4, 0.5) is 10.5 Å². The summed E-state index contributed by atoms with van der Waals surface area (Å²) >= 11 is 0. The Morgan fingerprint density at radius 3 is 2.65 bits per heavy atom. The van der Waals surface area contributed by atoms with Gasteiger partial charge in [-0.05, 0) is 50.9 Å². The molecule has 2 atom stereocenters. The third kappa shape index (κ3) is 5.32. The summed E-state index contributed by atoms with van der Waals surface area (Å²) < 4.78 is 11.7. The number of carbonyl (C=O) groups is 1. The topological polar surface area (TPSA) is 61.4 Å². The zero-order chi connectivity index (χ0) is 16.8. The Balaban J connectivity index is 1.82. The van der Waals surface area contributed by atoms with E-state index in [1.165, 1.54) is 12.8 Å². The molecule has 2 N–H and O–H groups in total. The highest BCUT2D eigenvalue weighted by atomic mass is 32.2. The van der Waals surface area contributed by atoms with Crippen molar-refractivity contribution in [2.45, 2.75) is 37.6 Å². The fourth-order valence-electron chi connectivity index (χ4n) is 2.83. The Bertz CT molecular complexity index is 557. The van der Waals surface area contributed by atoms with E-state index in [9.17, 15) is 9.00 Å². The number of rotatable bonds is 5. The second-order valence-electron chi connectivity index (χ2n) is 6.35. The first-order chi connectivity index (χ1) is 11.0. The number of nitrogens with one attached hydrogen (secondary N) is 2. The first kappa shape index (κ1) is 17.9. The molecule has 23 heavy (non-hydrogen) atoms. The second kappa shape index (κ2) is 8.45. The molecule has 1 aliphatic rings. The average molecular weight is 337 g/mol. The van der Waals surface area contributed by atoms with Gasteiger partial charge >= 0.3 is 6.03 Å².